The van der Waals surface area contributed by atoms with Gasteiger partial charge in [-0.2, -0.15) is 5.10 Å². The van der Waals surface area contributed by atoms with E-state index >= 15 is 0 Å². The third kappa shape index (κ3) is 3.78. The largest absolute Gasteiger partial charge is 0.479 e. The summed E-state index contributed by atoms with van der Waals surface area (Å²) in [4.78, 5) is 15.9. The van der Waals surface area contributed by atoms with Crippen LogP contribution in [0.1, 0.15) is 11.8 Å². The molecule has 0 radical (unpaired) electrons. The number of nitrogens with one attached hydrogen (secondary N) is 1. The van der Waals surface area contributed by atoms with Crippen LogP contribution in [-0.4, -0.2) is 43.1 Å². The lowest BCUT2D eigenvalue weighted by Gasteiger charge is -2.17. The van der Waals surface area contributed by atoms with E-state index in [2.05, 4.69) is 31.3 Å². The third-order valence-corrected chi connectivity index (χ3v) is 3.87. The summed E-state index contributed by atoms with van der Waals surface area (Å²) < 4.78 is 2.66. The average Bonchev–Trinajstić information content (AvgIpc) is 2.97. The van der Waals surface area contributed by atoms with Crippen molar-refractivity contribution < 1.29 is 15.0 Å². The van der Waals surface area contributed by atoms with Crippen LogP contribution in [0.25, 0.3) is 0 Å². The Balaban J connectivity index is 1.94. The van der Waals surface area contributed by atoms with Crippen molar-refractivity contribution in [2.75, 3.05) is 11.9 Å². The molecule has 2 heterocycles. The highest BCUT2D eigenvalue weighted by Crippen LogP contribution is 2.20. The first-order valence-corrected chi connectivity index (χ1v) is 7.30. The molecule has 3 N–H and O–H groups in total. The lowest BCUT2D eigenvalue weighted by atomic mass is 10.1. The van der Waals surface area contributed by atoms with Crippen molar-refractivity contribution in [3.8, 4) is 0 Å². The fourth-order valence-corrected chi connectivity index (χ4v) is 2.50. The second-order valence-corrected chi connectivity index (χ2v) is 6.45. The molecule has 1 unspecified atom stereocenters. The second kappa shape index (κ2) is 5.90. The van der Waals surface area contributed by atoms with Gasteiger partial charge < -0.3 is 15.5 Å². The molecule has 1 atom stereocenters. The van der Waals surface area contributed by atoms with Crippen LogP contribution in [0, 0.1) is 0 Å². The minimum absolute atomic E-state index is 0.109. The summed E-state index contributed by atoms with van der Waals surface area (Å²) in [6.07, 6.45) is 5.24. The molecule has 0 aliphatic rings. The molecule has 0 spiro atoms. The topological polar surface area (TPSA) is 100 Å². The third-order valence-electron chi connectivity index (χ3n) is 2.52. The van der Waals surface area contributed by atoms with Crippen molar-refractivity contribution in [2.24, 2.45) is 0 Å². The molecule has 2 aromatic heterocycles. The van der Waals surface area contributed by atoms with E-state index in [4.69, 9.17) is 5.11 Å². The maximum atomic E-state index is 10.8. The number of anilines is 1. The lowest BCUT2D eigenvalue weighted by Crippen LogP contribution is -2.41. The number of hydrogen-bond acceptors (Lipinski definition) is 6. The highest BCUT2D eigenvalue weighted by molar-refractivity contribution is 9.10. The molecule has 0 bridgehead atoms. The van der Waals surface area contributed by atoms with E-state index in [-0.39, 0.29) is 6.54 Å². The predicted octanol–water partition coefficient (Wildman–Crippen LogP) is 1.40. The summed E-state index contributed by atoms with van der Waals surface area (Å²) >= 11 is 4.71. The zero-order valence-corrected chi connectivity index (χ0v) is 13.0. The smallest absolute Gasteiger partial charge is 0.337 e. The van der Waals surface area contributed by atoms with E-state index < -0.39 is 11.6 Å². The first-order chi connectivity index (χ1) is 9.37. The Morgan fingerprint density at radius 1 is 1.60 bits per heavy atom. The van der Waals surface area contributed by atoms with Gasteiger partial charge in [-0.3, -0.25) is 4.68 Å². The van der Waals surface area contributed by atoms with Crippen molar-refractivity contribution in [3.05, 3.63) is 27.9 Å². The SMILES string of the molecule is CC(O)(CNc1ncc(Cn2cc(Br)cn2)s1)C(=O)O. The van der Waals surface area contributed by atoms with Gasteiger partial charge in [0.15, 0.2) is 10.7 Å². The average molecular weight is 361 g/mol. The quantitative estimate of drug-likeness (QED) is 0.719. The molecule has 0 aliphatic heterocycles. The highest BCUT2D eigenvalue weighted by Gasteiger charge is 2.29. The summed E-state index contributed by atoms with van der Waals surface area (Å²) in [5.41, 5.74) is -1.82. The summed E-state index contributed by atoms with van der Waals surface area (Å²) in [6.45, 7) is 1.71. The minimum Gasteiger partial charge on any atom is -0.479 e. The number of rotatable bonds is 6. The molecule has 2 rings (SSSR count). The zero-order chi connectivity index (χ0) is 14.8. The molecule has 20 heavy (non-hydrogen) atoms. The van der Waals surface area contributed by atoms with Gasteiger partial charge in [0.2, 0.25) is 0 Å². The van der Waals surface area contributed by atoms with E-state index in [1.807, 2.05) is 6.20 Å². The Morgan fingerprint density at radius 2 is 2.35 bits per heavy atom. The van der Waals surface area contributed by atoms with Crippen LogP contribution in [-0.2, 0) is 11.3 Å². The van der Waals surface area contributed by atoms with Crippen LogP contribution >= 0.6 is 27.3 Å². The zero-order valence-electron chi connectivity index (χ0n) is 10.6. The second-order valence-electron chi connectivity index (χ2n) is 4.42. The number of halogens is 1. The predicted molar refractivity (Wildman–Crippen MR) is 77.9 cm³/mol. The normalized spacial score (nSPS) is 13.9. The number of carboxylic acids is 1. The van der Waals surface area contributed by atoms with Gasteiger partial charge in [0.1, 0.15) is 0 Å². The van der Waals surface area contributed by atoms with Gasteiger partial charge >= 0.3 is 5.97 Å². The molecule has 0 aromatic carbocycles. The van der Waals surface area contributed by atoms with Crippen molar-refractivity contribution >= 4 is 38.4 Å². The fourth-order valence-electron chi connectivity index (χ4n) is 1.37. The number of carbonyl (C=O) groups is 1. The Kier molecular flexibility index (Phi) is 4.41. The molecule has 0 fully saturated rings. The molecule has 0 aliphatic carbocycles. The van der Waals surface area contributed by atoms with Crippen molar-refractivity contribution in [1.82, 2.24) is 14.8 Å². The molecule has 0 amide bonds. The van der Waals surface area contributed by atoms with Crippen molar-refractivity contribution in [3.63, 3.8) is 0 Å². The molecule has 0 saturated carbocycles. The van der Waals surface area contributed by atoms with E-state index in [9.17, 15) is 9.90 Å². The summed E-state index contributed by atoms with van der Waals surface area (Å²) in [5, 5.41) is 25.9. The van der Waals surface area contributed by atoms with Crippen LogP contribution < -0.4 is 5.32 Å². The monoisotopic (exact) mass is 360 g/mol. The maximum absolute atomic E-state index is 10.8. The van der Waals surface area contributed by atoms with Gasteiger partial charge in [0.05, 0.1) is 23.8 Å². The number of thiazole rings is 1. The number of aliphatic carboxylic acids is 1. The van der Waals surface area contributed by atoms with Crippen LogP contribution in [0.3, 0.4) is 0 Å². The number of carboxylic acid groups (broad SMARTS) is 1. The molecule has 0 saturated heterocycles. The molecule has 108 valence electrons. The standard InChI is InChI=1S/C11H13BrN4O3S/c1-11(19,9(17)18)6-14-10-13-3-8(20-10)5-16-4-7(12)2-15-16/h2-4,19H,5-6H2,1H3,(H,13,14)(H,17,18). The number of nitrogens with zero attached hydrogens (tertiary/aromatic N) is 3. The first kappa shape index (κ1) is 14.9. The van der Waals surface area contributed by atoms with Crippen molar-refractivity contribution in [2.45, 2.75) is 19.1 Å². The Bertz CT molecular complexity index is 610. The van der Waals surface area contributed by atoms with Crippen molar-refractivity contribution in [1.29, 1.82) is 0 Å². The molecular formula is C11H13BrN4O3S. The van der Waals surface area contributed by atoms with Crippen LogP contribution in [0.2, 0.25) is 0 Å². The Hall–Kier alpha value is -1.45. The highest BCUT2D eigenvalue weighted by atomic mass is 79.9. The van der Waals surface area contributed by atoms with Crippen LogP contribution in [0.5, 0.6) is 0 Å². The van der Waals surface area contributed by atoms with Gasteiger partial charge in [-0.15, -0.1) is 11.3 Å². The first-order valence-electron chi connectivity index (χ1n) is 5.69. The summed E-state index contributed by atoms with van der Waals surface area (Å²) in [7, 11) is 0. The molecule has 9 heteroatoms. The minimum atomic E-state index is -1.82. The Labute approximate surface area is 127 Å². The van der Waals surface area contributed by atoms with Gasteiger partial charge in [0.25, 0.3) is 0 Å². The van der Waals surface area contributed by atoms with Gasteiger partial charge in [0, 0.05) is 17.3 Å². The fraction of sp³-hybridized carbons (Fsp3) is 0.364. The van der Waals surface area contributed by atoms with Gasteiger partial charge in [-0.1, -0.05) is 0 Å². The molecular weight excluding hydrogens is 348 g/mol. The summed E-state index contributed by atoms with van der Waals surface area (Å²) in [6, 6.07) is 0. The van der Waals surface area contributed by atoms with Crippen LogP contribution in [0.4, 0.5) is 5.13 Å². The lowest BCUT2D eigenvalue weighted by molar-refractivity contribution is -0.155. The van der Waals surface area contributed by atoms with Gasteiger partial charge in [-0.25, -0.2) is 9.78 Å². The Morgan fingerprint density at radius 3 is 2.95 bits per heavy atom. The maximum Gasteiger partial charge on any atom is 0.337 e. The summed E-state index contributed by atoms with van der Waals surface area (Å²) in [5.74, 6) is -1.27. The molecule has 7 nitrogen and oxygen atoms in total. The number of aromatic nitrogens is 3. The molecule has 2 aromatic rings. The van der Waals surface area contributed by atoms with Crippen LogP contribution in [0.15, 0.2) is 23.1 Å². The van der Waals surface area contributed by atoms with E-state index in [1.54, 1.807) is 17.1 Å². The van der Waals surface area contributed by atoms with E-state index in [0.29, 0.717) is 11.7 Å². The number of hydrogen-bond donors (Lipinski definition) is 3. The van der Waals surface area contributed by atoms with Gasteiger partial charge in [-0.05, 0) is 22.9 Å². The number of aliphatic hydroxyl groups is 1. The van der Waals surface area contributed by atoms with E-state index in [0.717, 1.165) is 9.35 Å². The van der Waals surface area contributed by atoms with E-state index in [1.165, 1.54) is 18.3 Å².